The molecule has 0 unspecified atom stereocenters. The third-order valence-corrected chi connectivity index (χ3v) is 6.07. The first kappa shape index (κ1) is 16.3. The number of carbonyl (C=O) groups is 3. The summed E-state index contributed by atoms with van der Waals surface area (Å²) in [5, 5.41) is 0. The fourth-order valence-electron chi connectivity index (χ4n) is 4.64. The number of fused-ring (bicyclic) bond motifs is 2. The third-order valence-electron chi connectivity index (χ3n) is 6.07. The van der Waals surface area contributed by atoms with Crippen molar-refractivity contribution in [1.82, 2.24) is 9.80 Å². The molecule has 2 atom stereocenters. The van der Waals surface area contributed by atoms with Crippen molar-refractivity contribution in [2.75, 3.05) is 19.6 Å². The maximum Gasteiger partial charge on any atom is 0.261 e. The number of amides is 3. The molecule has 0 aromatic heterocycles. The van der Waals surface area contributed by atoms with Crippen molar-refractivity contribution in [3.05, 3.63) is 35.4 Å². The molecule has 4 rings (SSSR count). The van der Waals surface area contributed by atoms with Crippen LogP contribution in [0.2, 0.25) is 0 Å². The highest BCUT2D eigenvalue weighted by Gasteiger charge is 2.36. The fraction of sp³-hybridized carbons (Fsp3) is 0.550. The lowest BCUT2D eigenvalue weighted by atomic mass is 9.75. The van der Waals surface area contributed by atoms with Gasteiger partial charge in [0.2, 0.25) is 5.91 Å². The molecular weight excluding hydrogens is 316 g/mol. The van der Waals surface area contributed by atoms with Gasteiger partial charge in [-0.1, -0.05) is 31.4 Å². The number of imide groups is 1. The van der Waals surface area contributed by atoms with Gasteiger partial charge < -0.3 is 4.90 Å². The van der Waals surface area contributed by atoms with Crippen LogP contribution in [0.15, 0.2) is 24.3 Å². The van der Waals surface area contributed by atoms with E-state index in [0.717, 1.165) is 25.4 Å². The number of nitrogens with zero attached hydrogens (tertiary/aromatic N) is 2. The molecule has 132 valence electrons. The van der Waals surface area contributed by atoms with Crippen LogP contribution < -0.4 is 0 Å². The van der Waals surface area contributed by atoms with E-state index in [2.05, 4.69) is 0 Å². The van der Waals surface area contributed by atoms with Crippen LogP contribution in [0.1, 0.15) is 59.2 Å². The molecular formula is C20H24N2O3. The molecule has 0 N–H and O–H groups in total. The minimum Gasteiger partial charge on any atom is -0.342 e. The average Bonchev–Trinajstić information content (AvgIpc) is 2.90. The summed E-state index contributed by atoms with van der Waals surface area (Å²) >= 11 is 0. The van der Waals surface area contributed by atoms with Crippen molar-refractivity contribution >= 4 is 17.7 Å². The Balaban J connectivity index is 1.35. The molecule has 1 aromatic carbocycles. The predicted octanol–water partition coefficient (Wildman–Crippen LogP) is 2.71. The van der Waals surface area contributed by atoms with E-state index in [4.69, 9.17) is 0 Å². The van der Waals surface area contributed by atoms with E-state index in [-0.39, 0.29) is 30.7 Å². The SMILES string of the molecule is O=C(CCN1C(=O)c2ccccc2C1=O)N1CC[C@H]2CCCC[C@H]2C1. The topological polar surface area (TPSA) is 57.7 Å². The number of benzene rings is 1. The molecule has 2 fully saturated rings. The van der Waals surface area contributed by atoms with Gasteiger partial charge in [-0.2, -0.15) is 0 Å². The van der Waals surface area contributed by atoms with Crippen molar-refractivity contribution < 1.29 is 14.4 Å². The number of rotatable bonds is 3. The molecule has 1 aliphatic carbocycles. The monoisotopic (exact) mass is 340 g/mol. The molecule has 3 aliphatic rings. The Kier molecular flexibility index (Phi) is 4.32. The Labute approximate surface area is 148 Å². The van der Waals surface area contributed by atoms with Crippen molar-refractivity contribution in [2.24, 2.45) is 11.8 Å². The van der Waals surface area contributed by atoms with Crippen LogP contribution in [0.5, 0.6) is 0 Å². The zero-order valence-electron chi connectivity index (χ0n) is 14.4. The number of hydrogen-bond acceptors (Lipinski definition) is 3. The molecule has 1 aromatic rings. The normalized spacial score (nSPS) is 25.8. The first-order valence-corrected chi connectivity index (χ1v) is 9.38. The fourth-order valence-corrected chi connectivity index (χ4v) is 4.64. The van der Waals surface area contributed by atoms with E-state index < -0.39 is 0 Å². The second-order valence-electron chi connectivity index (χ2n) is 7.49. The molecule has 1 saturated carbocycles. The van der Waals surface area contributed by atoms with Gasteiger partial charge in [0, 0.05) is 26.1 Å². The molecule has 25 heavy (non-hydrogen) atoms. The van der Waals surface area contributed by atoms with Gasteiger partial charge in [0.1, 0.15) is 0 Å². The lowest BCUT2D eigenvalue weighted by Crippen LogP contribution is -2.45. The summed E-state index contributed by atoms with van der Waals surface area (Å²) < 4.78 is 0. The van der Waals surface area contributed by atoms with E-state index in [1.165, 1.54) is 30.6 Å². The summed E-state index contributed by atoms with van der Waals surface area (Å²) in [7, 11) is 0. The second-order valence-corrected chi connectivity index (χ2v) is 7.49. The second kappa shape index (κ2) is 6.62. The van der Waals surface area contributed by atoms with E-state index in [1.807, 2.05) is 4.90 Å². The Morgan fingerprint density at radius 1 is 0.960 bits per heavy atom. The summed E-state index contributed by atoms with van der Waals surface area (Å²) in [5.41, 5.74) is 0.894. The van der Waals surface area contributed by atoms with Gasteiger partial charge in [-0.3, -0.25) is 19.3 Å². The maximum atomic E-state index is 12.6. The van der Waals surface area contributed by atoms with Gasteiger partial charge >= 0.3 is 0 Å². The highest BCUT2D eigenvalue weighted by atomic mass is 16.2. The van der Waals surface area contributed by atoms with Gasteiger partial charge in [-0.15, -0.1) is 0 Å². The Hall–Kier alpha value is -2.17. The zero-order chi connectivity index (χ0) is 17.4. The van der Waals surface area contributed by atoms with E-state index in [9.17, 15) is 14.4 Å². The van der Waals surface area contributed by atoms with Crippen molar-refractivity contribution in [3.8, 4) is 0 Å². The number of likely N-dealkylation sites (tertiary alicyclic amines) is 1. The molecule has 1 saturated heterocycles. The average molecular weight is 340 g/mol. The Morgan fingerprint density at radius 3 is 2.28 bits per heavy atom. The predicted molar refractivity (Wildman–Crippen MR) is 93.1 cm³/mol. The maximum absolute atomic E-state index is 12.6. The van der Waals surface area contributed by atoms with Gasteiger partial charge in [0.25, 0.3) is 11.8 Å². The minimum atomic E-state index is -0.278. The molecule has 5 heteroatoms. The zero-order valence-corrected chi connectivity index (χ0v) is 14.4. The lowest BCUT2D eigenvalue weighted by molar-refractivity contribution is -0.134. The smallest absolute Gasteiger partial charge is 0.261 e. The molecule has 0 spiro atoms. The van der Waals surface area contributed by atoms with Crippen LogP contribution >= 0.6 is 0 Å². The quantitative estimate of drug-likeness (QED) is 0.795. The first-order chi connectivity index (χ1) is 12.1. The van der Waals surface area contributed by atoms with Crippen LogP contribution in [0.25, 0.3) is 0 Å². The van der Waals surface area contributed by atoms with E-state index >= 15 is 0 Å². The molecule has 2 aliphatic heterocycles. The van der Waals surface area contributed by atoms with Crippen LogP contribution in [0.3, 0.4) is 0 Å². The Morgan fingerprint density at radius 2 is 1.60 bits per heavy atom. The molecule has 0 bridgehead atoms. The van der Waals surface area contributed by atoms with Crippen LogP contribution in [-0.2, 0) is 4.79 Å². The van der Waals surface area contributed by atoms with Gasteiger partial charge in [0.05, 0.1) is 11.1 Å². The Bertz CT molecular complexity index is 680. The highest BCUT2D eigenvalue weighted by molar-refractivity contribution is 6.21. The highest BCUT2D eigenvalue weighted by Crippen LogP contribution is 2.36. The summed E-state index contributed by atoms with van der Waals surface area (Å²) in [4.78, 5) is 40.5. The van der Waals surface area contributed by atoms with E-state index in [0.29, 0.717) is 17.0 Å². The molecule has 5 nitrogen and oxygen atoms in total. The number of carbonyl (C=O) groups excluding carboxylic acids is 3. The largest absolute Gasteiger partial charge is 0.342 e. The van der Waals surface area contributed by atoms with Crippen molar-refractivity contribution in [2.45, 2.75) is 38.5 Å². The van der Waals surface area contributed by atoms with Crippen molar-refractivity contribution in [1.29, 1.82) is 0 Å². The summed E-state index contributed by atoms with van der Waals surface area (Å²) in [6, 6.07) is 6.86. The number of piperidine rings is 1. The molecule has 2 heterocycles. The van der Waals surface area contributed by atoms with Crippen molar-refractivity contribution in [3.63, 3.8) is 0 Å². The van der Waals surface area contributed by atoms with Crippen LogP contribution in [0.4, 0.5) is 0 Å². The number of hydrogen-bond donors (Lipinski definition) is 0. The summed E-state index contributed by atoms with van der Waals surface area (Å²) in [6.07, 6.45) is 6.47. The van der Waals surface area contributed by atoms with Gasteiger partial charge in [-0.05, 0) is 36.8 Å². The van der Waals surface area contributed by atoms with Crippen LogP contribution in [-0.4, -0.2) is 47.2 Å². The standard InChI is InChI=1S/C20H24N2O3/c23-18(21-11-9-14-5-1-2-6-15(14)13-21)10-12-22-19(24)16-7-3-4-8-17(16)20(22)25/h3-4,7-8,14-15H,1-2,5-6,9-13H2/t14-,15+/m1/s1. The minimum absolute atomic E-state index is 0.0700. The summed E-state index contributed by atoms with van der Waals surface area (Å²) in [6.45, 7) is 1.85. The van der Waals surface area contributed by atoms with E-state index in [1.54, 1.807) is 24.3 Å². The van der Waals surface area contributed by atoms with Crippen LogP contribution in [0, 0.1) is 11.8 Å². The summed E-state index contributed by atoms with van der Waals surface area (Å²) in [5.74, 6) is 0.944. The molecule has 0 radical (unpaired) electrons. The van der Waals surface area contributed by atoms with Gasteiger partial charge in [0.15, 0.2) is 0 Å². The third kappa shape index (κ3) is 2.96. The lowest BCUT2D eigenvalue weighted by Gasteiger charge is -2.41. The van der Waals surface area contributed by atoms with Gasteiger partial charge in [-0.25, -0.2) is 0 Å². The molecule has 3 amide bonds. The first-order valence-electron chi connectivity index (χ1n) is 9.38.